The summed E-state index contributed by atoms with van der Waals surface area (Å²) in [6.07, 6.45) is 0.710. The van der Waals surface area contributed by atoms with E-state index in [2.05, 4.69) is 21.3 Å². The second-order valence-corrected chi connectivity index (χ2v) is 4.53. The molecule has 0 aliphatic carbocycles. The number of nitrogens with one attached hydrogen (secondary N) is 4. The molecular formula is C13H16N6O5. The van der Waals surface area contributed by atoms with Crippen molar-refractivity contribution in [3.05, 3.63) is 48.3 Å². The van der Waals surface area contributed by atoms with Crippen molar-refractivity contribution >= 4 is 18.1 Å². The second kappa shape index (κ2) is 7.58. The van der Waals surface area contributed by atoms with Gasteiger partial charge in [-0.3, -0.25) is 0 Å². The lowest BCUT2D eigenvalue weighted by Gasteiger charge is -2.21. The molecule has 0 fully saturated rings. The Kier molecular flexibility index (Phi) is 5.28. The van der Waals surface area contributed by atoms with Crippen molar-refractivity contribution in [2.45, 2.75) is 12.3 Å². The predicted molar refractivity (Wildman–Crippen MR) is 80.0 cm³/mol. The van der Waals surface area contributed by atoms with Gasteiger partial charge in [0.15, 0.2) is 12.3 Å². The first-order valence-corrected chi connectivity index (χ1v) is 6.71. The van der Waals surface area contributed by atoms with Gasteiger partial charge in [-0.25, -0.2) is 14.4 Å². The highest BCUT2D eigenvalue weighted by Gasteiger charge is 2.22. The molecule has 0 aliphatic rings. The molecule has 2 rings (SSSR count). The first kappa shape index (κ1) is 16.7. The summed E-state index contributed by atoms with van der Waals surface area (Å²) in [5.74, 6) is 0.503. The fraction of sp³-hybridized carbons (Fsp3) is 0.154. The quantitative estimate of drug-likeness (QED) is 0.412. The van der Waals surface area contributed by atoms with E-state index in [9.17, 15) is 14.4 Å². The Morgan fingerprint density at radius 1 is 0.792 bits per heavy atom. The monoisotopic (exact) mass is 336 g/mol. The van der Waals surface area contributed by atoms with Crippen LogP contribution in [0, 0.1) is 0 Å². The summed E-state index contributed by atoms with van der Waals surface area (Å²) in [6.45, 7) is 0. The van der Waals surface area contributed by atoms with Crippen LogP contribution in [0.3, 0.4) is 0 Å². The normalized spacial score (nSPS) is 12.7. The molecule has 11 nitrogen and oxygen atoms in total. The minimum atomic E-state index is -1.01. The maximum Gasteiger partial charge on any atom is 0.318 e. The Balaban J connectivity index is 2.05. The van der Waals surface area contributed by atoms with Crippen LogP contribution in [0.25, 0.3) is 0 Å². The van der Waals surface area contributed by atoms with Gasteiger partial charge in [-0.15, -0.1) is 0 Å². The Morgan fingerprint density at radius 2 is 1.21 bits per heavy atom. The number of hydrogen-bond acceptors (Lipinski definition) is 5. The predicted octanol–water partition coefficient (Wildman–Crippen LogP) is 0.206. The van der Waals surface area contributed by atoms with Gasteiger partial charge in [0.25, 0.3) is 0 Å². The van der Waals surface area contributed by atoms with Crippen molar-refractivity contribution in [2.24, 2.45) is 11.5 Å². The Morgan fingerprint density at radius 3 is 1.50 bits per heavy atom. The van der Waals surface area contributed by atoms with E-state index in [1.54, 1.807) is 12.1 Å². The van der Waals surface area contributed by atoms with Crippen LogP contribution in [0.4, 0.5) is 14.4 Å². The van der Waals surface area contributed by atoms with Crippen molar-refractivity contribution in [3.63, 3.8) is 0 Å². The number of carbonyl (C=O) groups is 3. The summed E-state index contributed by atoms with van der Waals surface area (Å²) in [7, 11) is 0. The number of carbonyl (C=O) groups excluding carboxylic acids is 3. The van der Waals surface area contributed by atoms with E-state index in [4.69, 9.17) is 20.3 Å². The Labute approximate surface area is 135 Å². The minimum absolute atomic E-state index is 0.251. The number of rotatable bonds is 6. The van der Waals surface area contributed by atoms with Gasteiger partial charge in [0.2, 0.25) is 0 Å². The average molecular weight is 336 g/mol. The Hall–Kier alpha value is -3.63. The number of amides is 6. The van der Waals surface area contributed by atoms with Crippen molar-refractivity contribution in [3.8, 4) is 0 Å². The number of hydrogen-bond donors (Lipinski definition) is 6. The third-order valence-corrected chi connectivity index (χ3v) is 2.78. The lowest BCUT2D eigenvalue weighted by molar-refractivity contribution is 0.217. The fourth-order valence-electron chi connectivity index (χ4n) is 1.86. The highest BCUT2D eigenvalue weighted by Crippen LogP contribution is 2.12. The zero-order chi connectivity index (χ0) is 17.5. The molecule has 2 heterocycles. The number of nitrogens with two attached hydrogens (primary N) is 2. The van der Waals surface area contributed by atoms with Gasteiger partial charge >= 0.3 is 18.1 Å². The topological polar surface area (TPSA) is 178 Å². The van der Waals surface area contributed by atoms with Gasteiger partial charge in [-0.2, -0.15) is 0 Å². The van der Waals surface area contributed by atoms with Gasteiger partial charge in [0, 0.05) is 0 Å². The van der Waals surface area contributed by atoms with Crippen LogP contribution in [0.2, 0.25) is 0 Å². The van der Waals surface area contributed by atoms with Gasteiger partial charge in [-0.1, -0.05) is 0 Å². The molecule has 24 heavy (non-hydrogen) atoms. The summed E-state index contributed by atoms with van der Waals surface area (Å²) < 4.78 is 10.2. The molecule has 0 aromatic carbocycles. The molecule has 11 heteroatoms. The molecular weight excluding hydrogens is 320 g/mol. The minimum Gasteiger partial charge on any atom is -0.465 e. The van der Waals surface area contributed by atoms with Crippen molar-refractivity contribution < 1.29 is 23.2 Å². The summed E-state index contributed by atoms with van der Waals surface area (Å²) >= 11 is 0. The number of furan rings is 2. The van der Waals surface area contributed by atoms with Crippen LogP contribution in [-0.4, -0.2) is 18.1 Å². The van der Waals surface area contributed by atoms with E-state index in [1.165, 1.54) is 24.7 Å². The van der Waals surface area contributed by atoms with E-state index in [0.29, 0.717) is 0 Å². The summed E-state index contributed by atoms with van der Waals surface area (Å²) in [5.41, 5.74) is 10.1. The average Bonchev–Trinajstić information content (AvgIpc) is 3.18. The molecule has 6 amide bonds. The summed E-state index contributed by atoms with van der Waals surface area (Å²) in [6, 6.07) is 3.74. The molecule has 0 spiro atoms. The number of primary amides is 2. The van der Waals surface area contributed by atoms with Gasteiger partial charge in [0.1, 0.15) is 11.5 Å². The highest BCUT2D eigenvalue weighted by atomic mass is 16.3. The van der Waals surface area contributed by atoms with Gasteiger partial charge < -0.3 is 41.6 Å². The van der Waals surface area contributed by atoms with Crippen LogP contribution < -0.4 is 32.7 Å². The first-order chi connectivity index (χ1) is 11.5. The standard InChI is InChI=1S/C13H16N6O5/c14-11(20)16-9(7-3-1-5-23-7)18-13(22)19-10(17-12(15)21)8-4-2-6-24-8/h1-6,9-10H,(H3,14,16,20)(H3,15,17,21)(H2,18,19,22)/t9-,10-/m1/s1. The summed E-state index contributed by atoms with van der Waals surface area (Å²) in [5, 5.41) is 9.45. The van der Waals surface area contributed by atoms with Crippen LogP contribution in [-0.2, 0) is 0 Å². The van der Waals surface area contributed by atoms with Crippen LogP contribution in [0.5, 0.6) is 0 Å². The zero-order valence-corrected chi connectivity index (χ0v) is 12.3. The molecule has 0 aliphatic heterocycles. The molecule has 8 N–H and O–H groups in total. The second-order valence-electron chi connectivity index (χ2n) is 4.53. The largest absolute Gasteiger partial charge is 0.465 e. The first-order valence-electron chi connectivity index (χ1n) is 6.71. The lowest BCUT2D eigenvalue weighted by Crippen LogP contribution is -2.50. The molecule has 2 aromatic rings. The van der Waals surface area contributed by atoms with Crippen molar-refractivity contribution in [2.75, 3.05) is 0 Å². The third kappa shape index (κ3) is 4.69. The fourth-order valence-corrected chi connectivity index (χ4v) is 1.86. The molecule has 0 bridgehead atoms. The molecule has 0 saturated heterocycles. The SMILES string of the molecule is NC(=O)N[C@H](NC(=O)N[C@@H](NC(N)=O)c1ccco1)c1ccco1. The molecule has 2 aromatic heterocycles. The molecule has 2 atom stereocenters. The van der Waals surface area contributed by atoms with Crippen LogP contribution in [0.15, 0.2) is 45.6 Å². The third-order valence-electron chi connectivity index (χ3n) is 2.78. The van der Waals surface area contributed by atoms with Crippen LogP contribution in [0.1, 0.15) is 23.9 Å². The maximum atomic E-state index is 12.1. The van der Waals surface area contributed by atoms with E-state index in [1.807, 2.05) is 0 Å². The molecule has 0 radical (unpaired) electrons. The Bertz CT molecular complexity index is 626. The highest BCUT2D eigenvalue weighted by molar-refractivity contribution is 5.78. The lowest BCUT2D eigenvalue weighted by atomic mass is 10.3. The molecule has 0 saturated carbocycles. The zero-order valence-electron chi connectivity index (χ0n) is 12.3. The van der Waals surface area contributed by atoms with Crippen LogP contribution >= 0.6 is 0 Å². The van der Waals surface area contributed by atoms with Gasteiger partial charge in [0.05, 0.1) is 12.5 Å². The van der Waals surface area contributed by atoms with E-state index < -0.39 is 30.4 Å². The number of urea groups is 3. The maximum absolute atomic E-state index is 12.1. The van der Waals surface area contributed by atoms with E-state index >= 15 is 0 Å². The smallest absolute Gasteiger partial charge is 0.318 e. The van der Waals surface area contributed by atoms with Crippen molar-refractivity contribution in [1.82, 2.24) is 21.3 Å². The molecule has 128 valence electrons. The van der Waals surface area contributed by atoms with E-state index in [0.717, 1.165) is 0 Å². The van der Waals surface area contributed by atoms with Crippen molar-refractivity contribution in [1.29, 1.82) is 0 Å². The molecule has 0 unspecified atom stereocenters. The summed E-state index contributed by atoms with van der Waals surface area (Å²) in [4.78, 5) is 34.2. The van der Waals surface area contributed by atoms with Gasteiger partial charge in [-0.05, 0) is 24.3 Å². The van der Waals surface area contributed by atoms with E-state index in [-0.39, 0.29) is 11.5 Å².